The van der Waals surface area contributed by atoms with Crippen LogP contribution in [0.1, 0.15) is 40.3 Å². The lowest BCUT2D eigenvalue weighted by Crippen LogP contribution is -2.26. The van der Waals surface area contributed by atoms with Crippen LogP contribution in [0.3, 0.4) is 0 Å². The molecule has 0 radical (unpaired) electrons. The molecule has 5 heteroatoms. The quantitative estimate of drug-likeness (QED) is 0.792. The van der Waals surface area contributed by atoms with Gasteiger partial charge in [0.25, 0.3) is 11.8 Å². The van der Waals surface area contributed by atoms with Crippen LogP contribution >= 0.6 is 0 Å². The van der Waals surface area contributed by atoms with Crippen LogP contribution in [-0.4, -0.2) is 16.0 Å². The fourth-order valence-corrected chi connectivity index (χ4v) is 2.40. The van der Waals surface area contributed by atoms with Gasteiger partial charge in [-0.3, -0.25) is 4.79 Å². The van der Waals surface area contributed by atoms with Crippen LogP contribution < -0.4 is 5.32 Å². The highest BCUT2D eigenvalue weighted by Gasteiger charge is 2.12. The number of benzene rings is 2. The van der Waals surface area contributed by atoms with E-state index in [1.807, 2.05) is 38.1 Å². The van der Waals surface area contributed by atoms with E-state index in [0.717, 1.165) is 11.1 Å². The lowest BCUT2D eigenvalue weighted by molar-refractivity contribution is 0.0940. The Morgan fingerprint density at radius 1 is 1.04 bits per heavy atom. The monoisotopic (exact) mass is 321 g/mol. The molecule has 0 fully saturated rings. The van der Waals surface area contributed by atoms with Crippen LogP contribution in [0.15, 0.2) is 53.1 Å². The summed E-state index contributed by atoms with van der Waals surface area (Å²) in [5.74, 6) is 0.919. The van der Waals surface area contributed by atoms with Crippen molar-refractivity contribution in [2.24, 2.45) is 0 Å². The molecule has 1 unspecified atom stereocenters. The van der Waals surface area contributed by atoms with Crippen molar-refractivity contribution in [2.45, 2.75) is 26.8 Å². The Morgan fingerprint density at radius 2 is 1.71 bits per heavy atom. The van der Waals surface area contributed by atoms with Crippen LogP contribution in [0.4, 0.5) is 0 Å². The first-order valence-electron chi connectivity index (χ1n) is 7.81. The average molecular weight is 321 g/mol. The molecule has 1 N–H and O–H groups in total. The Bertz CT molecular complexity index is 836. The molecule has 0 aliphatic rings. The average Bonchev–Trinajstić information content (AvgIpc) is 3.02. The number of carbonyl (C=O) groups is 1. The van der Waals surface area contributed by atoms with Crippen LogP contribution in [0, 0.1) is 13.8 Å². The summed E-state index contributed by atoms with van der Waals surface area (Å²) in [6.45, 7) is 5.78. The van der Waals surface area contributed by atoms with Crippen molar-refractivity contribution in [2.75, 3.05) is 0 Å². The van der Waals surface area contributed by atoms with Gasteiger partial charge in [-0.1, -0.05) is 35.0 Å². The highest BCUT2D eigenvalue weighted by Crippen LogP contribution is 2.18. The van der Waals surface area contributed by atoms with Crippen molar-refractivity contribution >= 4 is 5.91 Å². The molecule has 1 amide bonds. The minimum Gasteiger partial charge on any atom is -0.346 e. The predicted molar refractivity (Wildman–Crippen MR) is 91.5 cm³/mol. The number of nitrogens with one attached hydrogen (secondary N) is 1. The van der Waals surface area contributed by atoms with E-state index in [0.29, 0.717) is 17.3 Å². The summed E-state index contributed by atoms with van der Waals surface area (Å²) in [5, 5.41) is 6.77. The van der Waals surface area contributed by atoms with Crippen LogP contribution in [0.5, 0.6) is 0 Å². The maximum Gasteiger partial charge on any atom is 0.257 e. The van der Waals surface area contributed by atoms with E-state index in [2.05, 4.69) is 15.5 Å². The van der Waals surface area contributed by atoms with Crippen molar-refractivity contribution in [1.29, 1.82) is 0 Å². The molecule has 0 saturated heterocycles. The zero-order chi connectivity index (χ0) is 17.1. The minimum absolute atomic E-state index is 0.0589. The molecule has 0 spiro atoms. The number of aromatic nitrogens is 2. The van der Waals surface area contributed by atoms with Gasteiger partial charge in [0.15, 0.2) is 5.82 Å². The third-order valence-corrected chi connectivity index (χ3v) is 3.85. The van der Waals surface area contributed by atoms with Crippen molar-refractivity contribution in [1.82, 2.24) is 15.5 Å². The van der Waals surface area contributed by atoms with Crippen molar-refractivity contribution in [3.05, 3.63) is 71.0 Å². The fourth-order valence-electron chi connectivity index (χ4n) is 2.40. The number of amides is 1. The zero-order valence-electron chi connectivity index (χ0n) is 13.9. The highest BCUT2D eigenvalue weighted by atomic mass is 16.5. The van der Waals surface area contributed by atoms with Gasteiger partial charge in [-0.05, 0) is 50.6 Å². The Kier molecular flexibility index (Phi) is 4.42. The van der Waals surface area contributed by atoms with E-state index in [1.165, 1.54) is 5.56 Å². The maximum atomic E-state index is 12.4. The van der Waals surface area contributed by atoms with Crippen molar-refractivity contribution in [3.63, 3.8) is 0 Å². The predicted octanol–water partition coefficient (Wildman–Crippen LogP) is 3.84. The Morgan fingerprint density at radius 3 is 2.29 bits per heavy atom. The van der Waals surface area contributed by atoms with Gasteiger partial charge in [0.1, 0.15) is 0 Å². The van der Waals surface area contributed by atoms with Gasteiger partial charge in [0.2, 0.25) is 0 Å². The first-order valence-corrected chi connectivity index (χ1v) is 7.81. The van der Waals surface area contributed by atoms with Crippen LogP contribution in [-0.2, 0) is 0 Å². The first-order chi connectivity index (χ1) is 11.5. The van der Waals surface area contributed by atoms with E-state index < -0.39 is 0 Å². The minimum atomic E-state index is -0.115. The molecule has 3 rings (SSSR count). The van der Waals surface area contributed by atoms with Crippen molar-refractivity contribution < 1.29 is 9.32 Å². The lowest BCUT2D eigenvalue weighted by Gasteiger charge is -2.14. The molecule has 0 saturated carbocycles. The molecule has 1 aromatic heterocycles. The van der Waals surface area contributed by atoms with Gasteiger partial charge in [-0.15, -0.1) is 0 Å². The summed E-state index contributed by atoms with van der Waals surface area (Å²) in [7, 11) is 0. The largest absolute Gasteiger partial charge is 0.346 e. The molecular weight excluding hydrogens is 302 g/mol. The van der Waals surface area contributed by atoms with E-state index >= 15 is 0 Å². The molecular formula is C19H19N3O2. The highest BCUT2D eigenvalue weighted by molar-refractivity contribution is 5.94. The Labute approximate surface area is 140 Å². The number of rotatable bonds is 4. The molecule has 2 aromatic carbocycles. The Hall–Kier alpha value is -2.95. The second-order valence-electron chi connectivity index (χ2n) is 5.83. The number of hydrogen-bond acceptors (Lipinski definition) is 4. The van der Waals surface area contributed by atoms with Gasteiger partial charge < -0.3 is 9.84 Å². The van der Waals surface area contributed by atoms with E-state index in [-0.39, 0.29) is 11.9 Å². The molecule has 5 nitrogen and oxygen atoms in total. The topological polar surface area (TPSA) is 68.0 Å². The molecule has 3 aromatic rings. The fraction of sp³-hybridized carbons (Fsp3) is 0.211. The third-order valence-electron chi connectivity index (χ3n) is 3.85. The molecule has 1 heterocycles. The third kappa shape index (κ3) is 3.51. The summed E-state index contributed by atoms with van der Waals surface area (Å²) >= 11 is 0. The zero-order valence-corrected chi connectivity index (χ0v) is 13.9. The normalized spacial score (nSPS) is 12.0. The summed E-state index contributed by atoms with van der Waals surface area (Å²) in [6.07, 6.45) is 0. The van der Waals surface area contributed by atoms with E-state index in [1.54, 1.807) is 31.2 Å². The molecule has 0 aliphatic carbocycles. The van der Waals surface area contributed by atoms with Gasteiger partial charge in [-0.25, -0.2) is 0 Å². The van der Waals surface area contributed by atoms with Gasteiger partial charge in [0, 0.05) is 11.1 Å². The molecule has 24 heavy (non-hydrogen) atoms. The first kappa shape index (κ1) is 15.9. The van der Waals surface area contributed by atoms with E-state index in [9.17, 15) is 4.79 Å². The Balaban J connectivity index is 1.69. The SMILES string of the molecule is Cc1ccc(C(C)NC(=O)c2ccc(-c3nc(C)no3)cc2)cc1. The van der Waals surface area contributed by atoms with E-state index in [4.69, 9.17) is 4.52 Å². The lowest BCUT2D eigenvalue weighted by atomic mass is 10.1. The second kappa shape index (κ2) is 6.66. The molecule has 1 atom stereocenters. The van der Waals surface area contributed by atoms with Gasteiger partial charge >= 0.3 is 0 Å². The second-order valence-corrected chi connectivity index (χ2v) is 5.83. The molecule has 0 aliphatic heterocycles. The van der Waals surface area contributed by atoms with Gasteiger partial charge in [0.05, 0.1) is 6.04 Å². The number of hydrogen-bond donors (Lipinski definition) is 1. The van der Waals surface area contributed by atoms with Crippen LogP contribution in [0.2, 0.25) is 0 Å². The maximum absolute atomic E-state index is 12.4. The smallest absolute Gasteiger partial charge is 0.257 e. The molecule has 0 bridgehead atoms. The summed E-state index contributed by atoms with van der Waals surface area (Å²) in [6, 6.07) is 15.2. The number of nitrogens with zero attached hydrogens (tertiary/aromatic N) is 2. The van der Waals surface area contributed by atoms with Gasteiger partial charge in [-0.2, -0.15) is 4.98 Å². The molecule has 122 valence electrons. The number of carbonyl (C=O) groups excluding carboxylic acids is 1. The standard InChI is InChI=1S/C19H19N3O2/c1-12-4-6-15(7-5-12)13(2)20-18(23)16-8-10-17(11-9-16)19-21-14(3)22-24-19/h4-11,13H,1-3H3,(H,20,23). The van der Waals surface area contributed by atoms with Crippen molar-refractivity contribution in [3.8, 4) is 11.5 Å². The summed E-state index contributed by atoms with van der Waals surface area (Å²) < 4.78 is 5.12. The number of aryl methyl sites for hydroxylation is 2. The summed E-state index contributed by atoms with van der Waals surface area (Å²) in [5.41, 5.74) is 3.66. The van der Waals surface area contributed by atoms with Crippen LogP contribution in [0.25, 0.3) is 11.5 Å². The summed E-state index contributed by atoms with van der Waals surface area (Å²) in [4.78, 5) is 16.6.